The van der Waals surface area contributed by atoms with E-state index in [9.17, 15) is 4.79 Å². The zero-order valence-corrected chi connectivity index (χ0v) is 13.3. The second-order valence-corrected chi connectivity index (χ2v) is 6.87. The van der Waals surface area contributed by atoms with Gasteiger partial charge < -0.3 is 10.1 Å². The van der Waals surface area contributed by atoms with Crippen molar-refractivity contribution in [2.24, 2.45) is 0 Å². The van der Waals surface area contributed by atoms with Gasteiger partial charge in [-0.3, -0.25) is 4.90 Å². The van der Waals surface area contributed by atoms with Crippen LogP contribution in [-0.4, -0.2) is 41.3 Å². The van der Waals surface area contributed by atoms with E-state index in [1.807, 2.05) is 0 Å². The molecule has 3 aliphatic heterocycles. The molecule has 4 nitrogen and oxygen atoms in total. The van der Waals surface area contributed by atoms with E-state index in [1.54, 1.807) is 6.08 Å². The molecule has 4 rings (SSSR count). The Kier molecular flexibility index (Phi) is 3.61. The van der Waals surface area contributed by atoms with Gasteiger partial charge in [0.15, 0.2) is 5.60 Å². The molecule has 0 radical (unpaired) electrons. The Morgan fingerprint density at radius 2 is 2.39 bits per heavy atom. The summed E-state index contributed by atoms with van der Waals surface area (Å²) in [5, 5.41) is 7.05. The highest BCUT2D eigenvalue weighted by Crippen LogP contribution is 2.53. The molecule has 2 fully saturated rings. The first-order valence-corrected chi connectivity index (χ1v) is 8.65. The van der Waals surface area contributed by atoms with E-state index in [0.717, 1.165) is 49.8 Å². The predicted octanol–water partition coefficient (Wildman–Crippen LogP) is 2.60. The minimum Gasteiger partial charge on any atom is -0.449 e. The highest BCUT2D eigenvalue weighted by Gasteiger charge is 2.61. The average molecular weight is 310 g/mol. The van der Waals surface area contributed by atoms with Gasteiger partial charge in [0.1, 0.15) is 0 Å². The average Bonchev–Trinajstić information content (AvgIpc) is 3.03. The van der Waals surface area contributed by atoms with Crippen molar-refractivity contribution in [3.63, 3.8) is 0 Å². The molecule has 3 heterocycles. The maximum absolute atomic E-state index is 12.0. The van der Waals surface area contributed by atoms with Crippen molar-refractivity contribution in [1.29, 1.82) is 5.41 Å². The summed E-state index contributed by atoms with van der Waals surface area (Å²) >= 11 is 0. The Balaban J connectivity index is 1.64. The minimum absolute atomic E-state index is 0.204. The molecule has 2 saturated heterocycles. The number of rotatable bonds is 3. The number of ether oxygens (including phenoxy) is 1. The Labute approximate surface area is 137 Å². The zero-order chi connectivity index (χ0) is 15.9. The third-order valence-corrected chi connectivity index (χ3v) is 5.54. The van der Waals surface area contributed by atoms with E-state index < -0.39 is 5.60 Å². The Morgan fingerprint density at radius 1 is 1.48 bits per heavy atom. The van der Waals surface area contributed by atoms with Crippen LogP contribution in [0.15, 0.2) is 23.3 Å². The summed E-state index contributed by atoms with van der Waals surface area (Å²) in [6.45, 7) is 1.10. The molecule has 0 aromatic heterocycles. The van der Waals surface area contributed by atoms with E-state index in [4.69, 9.17) is 10.1 Å². The normalized spacial score (nSPS) is 34.5. The van der Waals surface area contributed by atoms with Gasteiger partial charge in [-0.05, 0) is 38.4 Å². The molecule has 1 aliphatic carbocycles. The molecule has 2 bridgehead atoms. The summed E-state index contributed by atoms with van der Waals surface area (Å²) in [6.07, 6.45) is 12.3. The quantitative estimate of drug-likeness (QED) is 0.377. The lowest BCUT2D eigenvalue weighted by Gasteiger charge is -2.38. The van der Waals surface area contributed by atoms with Crippen LogP contribution in [0, 0.1) is 17.3 Å². The fraction of sp³-hybridized carbons (Fsp3) is 0.579. The van der Waals surface area contributed by atoms with Crippen LogP contribution < -0.4 is 0 Å². The van der Waals surface area contributed by atoms with E-state index in [1.165, 1.54) is 19.1 Å². The van der Waals surface area contributed by atoms with Gasteiger partial charge in [-0.2, -0.15) is 0 Å². The van der Waals surface area contributed by atoms with Crippen LogP contribution in [0.1, 0.15) is 44.9 Å². The van der Waals surface area contributed by atoms with Crippen LogP contribution in [0.2, 0.25) is 0 Å². The molecule has 23 heavy (non-hydrogen) atoms. The number of nitrogens with one attached hydrogen (secondary N) is 1. The molecular formula is C19H22N2O2. The van der Waals surface area contributed by atoms with Crippen molar-refractivity contribution in [3.8, 4) is 11.8 Å². The van der Waals surface area contributed by atoms with Gasteiger partial charge >= 0.3 is 5.97 Å². The molecule has 120 valence electrons. The second-order valence-electron chi connectivity index (χ2n) is 6.87. The van der Waals surface area contributed by atoms with E-state index in [0.29, 0.717) is 12.1 Å². The first-order valence-electron chi connectivity index (χ1n) is 8.65. The Hall–Kier alpha value is -1.86. The summed E-state index contributed by atoms with van der Waals surface area (Å²) in [7, 11) is 0. The number of carbonyl (C=O) groups is 1. The van der Waals surface area contributed by atoms with E-state index in [-0.39, 0.29) is 5.97 Å². The standard InChI is InChI=1S/C19H22N2O2/c20-9-5-2-1-3-7-14-11-15-13-19(16(14)12-18(22)23-19)17-8-4-6-10-21(15)17/h9,11-12,15,17,20H,1-2,4-6,8,10,13H2/t15-,17?,19+/m1/s1. The van der Waals surface area contributed by atoms with Gasteiger partial charge in [0.05, 0.1) is 6.04 Å². The molecule has 0 aromatic carbocycles. The van der Waals surface area contributed by atoms with Crippen LogP contribution in [-0.2, 0) is 9.53 Å². The van der Waals surface area contributed by atoms with Crippen molar-refractivity contribution in [1.82, 2.24) is 4.90 Å². The minimum atomic E-state index is -0.435. The third kappa shape index (κ3) is 2.26. The molecule has 0 amide bonds. The van der Waals surface area contributed by atoms with Crippen molar-refractivity contribution < 1.29 is 9.53 Å². The summed E-state index contributed by atoms with van der Waals surface area (Å²) < 4.78 is 5.88. The van der Waals surface area contributed by atoms with Gasteiger partial charge in [-0.25, -0.2) is 4.79 Å². The van der Waals surface area contributed by atoms with Gasteiger partial charge in [0, 0.05) is 36.1 Å². The molecular weight excluding hydrogens is 288 g/mol. The number of hydrogen-bond donors (Lipinski definition) is 1. The number of nitrogens with zero attached hydrogens (tertiary/aromatic N) is 1. The van der Waals surface area contributed by atoms with Crippen molar-refractivity contribution in [2.45, 2.75) is 62.6 Å². The third-order valence-electron chi connectivity index (χ3n) is 5.54. The SMILES string of the molecule is N=CCCCC#CC1=C[C@@H]2C[C@@]3(OC(=O)C=C13)C1CCCCN12. The van der Waals surface area contributed by atoms with E-state index in [2.05, 4.69) is 22.8 Å². The topological polar surface area (TPSA) is 53.4 Å². The van der Waals surface area contributed by atoms with E-state index >= 15 is 0 Å². The fourth-order valence-electron chi connectivity index (χ4n) is 4.62. The first kappa shape index (κ1) is 14.7. The highest BCUT2D eigenvalue weighted by atomic mass is 16.6. The fourth-order valence-corrected chi connectivity index (χ4v) is 4.62. The maximum atomic E-state index is 12.0. The van der Waals surface area contributed by atoms with Gasteiger partial charge in [-0.15, -0.1) is 0 Å². The summed E-state index contributed by atoms with van der Waals surface area (Å²) in [5.74, 6) is 6.30. The largest absolute Gasteiger partial charge is 0.449 e. The monoisotopic (exact) mass is 310 g/mol. The van der Waals surface area contributed by atoms with Crippen LogP contribution in [0.4, 0.5) is 0 Å². The number of esters is 1. The van der Waals surface area contributed by atoms with Crippen LogP contribution in [0.3, 0.4) is 0 Å². The lowest BCUT2D eigenvalue weighted by molar-refractivity contribution is -0.148. The lowest BCUT2D eigenvalue weighted by Crippen LogP contribution is -2.48. The number of carbonyl (C=O) groups excluding carboxylic acids is 1. The highest BCUT2D eigenvalue weighted by molar-refractivity contribution is 5.90. The van der Waals surface area contributed by atoms with Gasteiger partial charge in [0.25, 0.3) is 0 Å². The van der Waals surface area contributed by atoms with Gasteiger partial charge in [-0.1, -0.05) is 24.3 Å². The molecule has 3 atom stereocenters. The van der Waals surface area contributed by atoms with Crippen LogP contribution in [0.5, 0.6) is 0 Å². The molecule has 0 aromatic rings. The van der Waals surface area contributed by atoms with Crippen LogP contribution in [0.25, 0.3) is 0 Å². The lowest BCUT2D eigenvalue weighted by atomic mass is 9.77. The Morgan fingerprint density at radius 3 is 3.26 bits per heavy atom. The molecule has 1 N–H and O–H groups in total. The smallest absolute Gasteiger partial charge is 0.332 e. The molecule has 1 unspecified atom stereocenters. The van der Waals surface area contributed by atoms with Crippen molar-refractivity contribution >= 4 is 12.2 Å². The zero-order valence-electron chi connectivity index (χ0n) is 13.3. The molecule has 1 spiro atoms. The number of hydrogen-bond acceptors (Lipinski definition) is 4. The first-order chi connectivity index (χ1) is 11.2. The molecule has 0 saturated carbocycles. The van der Waals surface area contributed by atoms with Crippen molar-refractivity contribution in [3.05, 3.63) is 23.3 Å². The molecule has 4 aliphatic rings. The summed E-state index contributed by atoms with van der Waals surface area (Å²) in [4.78, 5) is 14.5. The maximum Gasteiger partial charge on any atom is 0.332 e. The molecule has 4 heteroatoms. The van der Waals surface area contributed by atoms with Crippen molar-refractivity contribution in [2.75, 3.05) is 6.54 Å². The summed E-state index contributed by atoms with van der Waals surface area (Å²) in [6, 6.07) is 0.682. The number of piperidine rings is 1. The number of fused-ring (bicyclic) bond motifs is 3. The predicted molar refractivity (Wildman–Crippen MR) is 88.1 cm³/mol. The second kappa shape index (κ2) is 5.65. The van der Waals surface area contributed by atoms with Gasteiger partial charge in [0.2, 0.25) is 0 Å². The number of unbranched alkanes of at least 4 members (excludes halogenated alkanes) is 2. The van der Waals surface area contributed by atoms with Crippen LogP contribution >= 0.6 is 0 Å². The Bertz CT molecular complexity index is 667. The summed E-state index contributed by atoms with van der Waals surface area (Å²) in [5.41, 5.74) is 1.58.